The highest BCUT2D eigenvalue weighted by atomic mass is 16.1. The molecule has 0 saturated heterocycles. The predicted molar refractivity (Wildman–Crippen MR) is 69.1 cm³/mol. The van der Waals surface area contributed by atoms with Crippen molar-refractivity contribution in [2.24, 2.45) is 0 Å². The van der Waals surface area contributed by atoms with Gasteiger partial charge in [-0.1, -0.05) is 13.8 Å². The number of aromatic nitrogens is 1. The second kappa shape index (κ2) is 7.41. The highest BCUT2D eigenvalue weighted by Gasteiger charge is 2.06. The average Bonchev–Trinajstić information content (AvgIpc) is 2.43. The first-order chi connectivity index (χ1) is 8.71. The van der Waals surface area contributed by atoms with Crippen molar-refractivity contribution in [2.45, 2.75) is 13.8 Å². The summed E-state index contributed by atoms with van der Waals surface area (Å²) in [5.41, 5.74) is 0.795. The van der Waals surface area contributed by atoms with E-state index < -0.39 is 0 Å². The van der Waals surface area contributed by atoms with Gasteiger partial charge in [-0.15, -0.1) is 0 Å². The molecule has 0 aliphatic carbocycles. The van der Waals surface area contributed by atoms with Crippen LogP contribution in [0.2, 0.25) is 0 Å². The predicted octanol–water partition coefficient (Wildman–Crippen LogP) is 1.02. The maximum Gasteiger partial charge on any atom is 0.252 e. The molecule has 0 radical (unpaired) electrons. The van der Waals surface area contributed by atoms with E-state index in [1.807, 2.05) is 6.07 Å². The Kier molecular flexibility index (Phi) is 5.81. The van der Waals surface area contributed by atoms with Crippen LogP contribution in [0.1, 0.15) is 29.9 Å². The topological polar surface area (TPSA) is 69.0 Å². The Hall–Kier alpha value is -1.93. The van der Waals surface area contributed by atoms with Gasteiger partial charge in [0.25, 0.3) is 5.91 Å². The molecule has 5 heteroatoms. The number of nitrogens with zero attached hydrogens (tertiary/aromatic N) is 3. The normalized spacial score (nSPS) is 10.1. The quantitative estimate of drug-likeness (QED) is 0.813. The van der Waals surface area contributed by atoms with Crippen LogP contribution in [0.15, 0.2) is 18.3 Å². The fourth-order valence-corrected chi connectivity index (χ4v) is 1.56. The number of rotatable bonds is 6. The summed E-state index contributed by atoms with van der Waals surface area (Å²) in [7, 11) is 0. The minimum absolute atomic E-state index is 0.154. The third kappa shape index (κ3) is 4.15. The minimum atomic E-state index is -0.154. The van der Waals surface area contributed by atoms with Crippen molar-refractivity contribution in [2.75, 3.05) is 26.2 Å². The molecule has 1 heterocycles. The first-order valence-electron chi connectivity index (χ1n) is 6.08. The monoisotopic (exact) mass is 246 g/mol. The molecule has 0 fully saturated rings. The summed E-state index contributed by atoms with van der Waals surface area (Å²) in [5.74, 6) is -0.154. The molecule has 0 aliphatic rings. The third-order valence-electron chi connectivity index (χ3n) is 2.75. The molecule has 0 aromatic carbocycles. The number of likely N-dealkylation sites (N-methyl/N-ethyl adjacent to an activating group) is 1. The molecule has 1 amide bonds. The van der Waals surface area contributed by atoms with Crippen LogP contribution in [-0.2, 0) is 0 Å². The lowest BCUT2D eigenvalue weighted by Crippen LogP contribution is -2.34. The van der Waals surface area contributed by atoms with Crippen LogP contribution in [0.5, 0.6) is 0 Å². The van der Waals surface area contributed by atoms with E-state index in [2.05, 4.69) is 29.0 Å². The molecule has 0 unspecified atom stereocenters. The lowest BCUT2D eigenvalue weighted by atomic mass is 10.2. The van der Waals surface area contributed by atoms with Gasteiger partial charge in [0.15, 0.2) is 0 Å². The van der Waals surface area contributed by atoms with Crippen molar-refractivity contribution >= 4 is 5.91 Å². The fourth-order valence-electron chi connectivity index (χ4n) is 1.56. The summed E-state index contributed by atoms with van der Waals surface area (Å²) in [4.78, 5) is 17.8. The van der Waals surface area contributed by atoms with Crippen LogP contribution in [0.4, 0.5) is 0 Å². The van der Waals surface area contributed by atoms with Gasteiger partial charge >= 0.3 is 0 Å². The molecule has 1 aromatic heterocycles. The average molecular weight is 246 g/mol. The smallest absolute Gasteiger partial charge is 0.252 e. The van der Waals surface area contributed by atoms with Crippen LogP contribution in [0.25, 0.3) is 0 Å². The van der Waals surface area contributed by atoms with Gasteiger partial charge in [-0.25, -0.2) is 4.98 Å². The Morgan fingerprint density at radius 3 is 2.67 bits per heavy atom. The molecule has 1 N–H and O–H groups in total. The molecule has 1 aromatic rings. The van der Waals surface area contributed by atoms with E-state index in [0.29, 0.717) is 17.8 Å². The molecule has 1 rings (SSSR count). The first kappa shape index (κ1) is 14.1. The number of nitrogens with one attached hydrogen (secondary N) is 1. The van der Waals surface area contributed by atoms with Gasteiger partial charge in [-0.2, -0.15) is 5.26 Å². The number of hydrogen-bond acceptors (Lipinski definition) is 4. The molecular weight excluding hydrogens is 228 g/mol. The van der Waals surface area contributed by atoms with Crippen LogP contribution in [0, 0.1) is 11.3 Å². The second-order valence-corrected chi connectivity index (χ2v) is 3.83. The molecule has 0 saturated carbocycles. The van der Waals surface area contributed by atoms with Crippen molar-refractivity contribution in [3.8, 4) is 6.07 Å². The molecule has 0 bridgehead atoms. The summed E-state index contributed by atoms with van der Waals surface area (Å²) >= 11 is 0. The molecule has 96 valence electrons. The molecule has 5 nitrogen and oxygen atoms in total. The van der Waals surface area contributed by atoms with Crippen molar-refractivity contribution in [1.29, 1.82) is 5.26 Å². The van der Waals surface area contributed by atoms with Gasteiger partial charge < -0.3 is 10.2 Å². The van der Waals surface area contributed by atoms with Crippen LogP contribution < -0.4 is 5.32 Å². The summed E-state index contributed by atoms with van der Waals surface area (Å²) in [6, 6.07) is 5.07. The van der Waals surface area contributed by atoms with E-state index in [0.717, 1.165) is 19.6 Å². The number of nitriles is 1. The number of pyridine rings is 1. The largest absolute Gasteiger partial charge is 0.351 e. The maximum absolute atomic E-state index is 11.7. The van der Waals surface area contributed by atoms with Gasteiger partial charge in [0.1, 0.15) is 11.8 Å². The standard InChI is InChI=1S/C13H18N4O/c1-3-17(4-2)8-7-15-13(18)11-5-6-12(9-14)16-10-11/h5-6,10H,3-4,7-8H2,1-2H3,(H,15,18). The highest BCUT2D eigenvalue weighted by Crippen LogP contribution is 1.99. The molecule has 0 spiro atoms. The second-order valence-electron chi connectivity index (χ2n) is 3.83. The zero-order valence-corrected chi connectivity index (χ0v) is 10.8. The summed E-state index contributed by atoms with van der Waals surface area (Å²) in [6.45, 7) is 7.59. The number of carbonyl (C=O) groups is 1. The van der Waals surface area contributed by atoms with E-state index in [9.17, 15) is 4.79 Å². The van der Waals surface area contributed by atoms with E-state index in [1.54, 1.807) is 12.1 Å². The number of amides is 1. The maximum atomic E-state index is 11.7. The lowest BCUT2D eigenvalue weighted by Gasteiger charge is -2.17. The minimum Gasteiger partial charge on any atom is -0.351 e. The van der Waals surface area contributed by atoms with Gasteiger partial charge in [0.2, 0.25) is 0 Å². The SMILES string of the molecule is CCN(CC)CCNC(=O)c1ccc(C#N)nc1. The Bertz CT molecular complexity index is 418. The van der Waals surface area contributed by atoms with Gasteiger partial charge in [-0.05, 0) is 25.2 Å². The van der Waals surface area contributed by atoms with Gasteiger partial charge in [0, 0.05) is 19.3 Å². The Morgan fingerprint density at radius 2 is 2.17 bits per heavy atom. The summed E-state index contributed by atoms with van der Waals surface area (Å²) in [5, 5.41) is 11.4. The Morgan fingerprint density at radius 1 is 1.44 bits per heavy atom. The van der Waals surface area contributed by atoms with E-state index in [-0.39, 0.29) is 5.91 Å². The highest BCUT2D eigenvalue weighted by molar-refractivity contribution is 5.93. The van der Waals surface area contributed by atoms with Gasteiger partial charge in [0.05, 0.1) is 5.56 Å². The van der Waals surface area contributed by atoms with Crippen LogP contribution in [0.3, 0.4) is 0 Å². The first-order valence-corrected chi connectivity index (χ1v) is 6.08. The Balaban J connectivity index is 2.43. The van der Waals surface area contributed by atoms with Crippen LogP contribution in [-0.4, -0.2) is 42.0 Å². The third-order valence-corrected chi connectivity index (χ3v) is 2.75. The Labute approximate surface area is 107 Å². The van der Waals surface area contributed by atoms with Gasteiger partial charge in [-0.3, -0.25) is 4.79 Å². The van der Waals surface area contributed by atoms with E-state index in [4.69, 9.17) is 5.26 Å². The van der Waals surface area contributed by atoms with Crippen molar-refractivity contribution in [3.63, 3.8) is 0 Å². The zero-order chi connectivity index (χ0) is 13.4. The number of hydrogen-bond donors (Lipinski definition) is 1. The number of carbonyl (C=O) groups excluding carboxylic acids is 1. The molecule has 18 heavy (non-hydrogen) atoms. The lowest BCUT2D eigenvalue weighted by molar-refractivity contribution is 0.0948. The summed E-state index contributed by atoms with van der Waals surface area (Å²) < 4.78 is 0. The van der Waals surface area contributed by atoms with Crippen molar-refractivity contribution in [3.05, 3.63) is 29.6 Å². The summed E-state index contributed by atoms with van der Waals surface area (Å²) in [6.07, 6.45) is 1.42. The van der Waals surface area contributed by atoms with E-state index in [1.165, 1.54) is 6.20 Å². The molecule has 0 atom stereocenters. The van der Waals surface area contributed by atoms with Crippen LogP contribution >= 0.6 is 0 Å². The van der Waals surface area contributed by atoms with E-state index >= 15 is 0 Å². The van der Waals surface area contributed by atoms with Crippen molar-refractivity contribution in [1.82, 2.24) is 15.2 Å². The fraction of sp³-hybridized carbons (Fsp3) is 0.462. The molecular formula is C13H18N4O. The zero-order valence-electron chi connectivity index (χ0n) is 10.8. The van der Waals surface area contributed by atoms with Crippen molar-refractivity contribution < 1.29 is 4.79 Å². The molecule has 0 aliphatic heterocycles.